The Morgan fingerprint density at radius 2 is 1.60 bits per heavy atom. The van der Waals surface area contributed by atoms with Crippen LogP contribution in [0, 0.1) is 0 Å². The molecule has 0 saturated carbocycles. The van der Waals surface area contributed by atoms with Gasteiger partial charge in [-0.3, -0.25) is 4.55 Å². The molecule has 1 aliphatic carbocycles. The zero-order valence-corrected chi connectivity index (χ0v) is 19.3. The van der Waals surface area contributed by atoms with Crippen molar-refractivity contribution >= 4 is 28.3 Å². The van der Waals surface area contributed by atoms with E-state index in [1.165, 1.54) is 6.07 Å². The SMILES string of the molecule is O=S(=O)(O)c1cc(C2C=Cc3ccccc3C2O)ccc1C=Cc1ccccc1.[H-].[Na+]. The summed E-state index contributed by atoms with van der Waals surface area (Å²) < 4.78 is 33.8. The summed E-state index contributed by atoms with van der Waals surface area (Å²) in [5.74, 6) is -0.405. The van der Waals surface area contributed by atoms with E-state index in [1.807, 2.05) is 66.7 Å². The summed E-state index contributed by atoms with van der Waals surface area (Å²) in [4.78, 5) is -0.179. The van der Waals surface area contributed by atoms with Gasteiger partial charge in [0.2, 0.25) is 0 Å². The molecule has 1 aliphatic rings. The van der Waals surface area contributed by atoms with Crippen molar-refractivity contribution in [1.82, 2.24) is 0 Å². The molecule has 6 heteroatoms. The topological polar surface area (TPSA) is 74.6 Å². The van der Waals surface area contributed by atoms with E-state index in [2.05, 4.69) is 0 Å². The predicted molar refractivity (Wildman–Crippen MR) is 116 cm³/mol. The second kappa shape index (κ2) is 9.43. The first kappa shape index (κ1) is 22.7. The summed E-state index contributed by atoms with van der Waals surface area (Å²) in [6, 6.07) is 21.9. The molecule has 0 radical (unpaired) electrons. The van der Waals surface area contributed by atoms with Crippen LogP contribution < -0.4 is 29.6 Å². The average Bonchev–Trinajstić information content (AvgIpc) is 2.73. The van der Waals surface area contributed by atoms with Gasteiger partial charge in [-0.1, -0.05) is 91.0 Å². The Bertz CT molecular complexity index is 1210. The van der Waals surface area contributed by atoms with Crippen LogP contribution in [0.3, 0.4) is 0 Å². The van der Waals surface area contributed by atoms with Gasteiger partial charge < -0.3 is 6.53 Å². The zero-order valence-electron chi connectivity index (χ0n) is 17.5. The first-order valence-corrected chi connectivity index (χ1v) is 10.7. The summed E-state index contributed by atoms with van der Waals surface area (Å²) in [5, 5.41) is 10.8. The fraction of sp³-hybridized carbons (Fsp3) is 0.0833. The third-order valence-corrected chi connectivity index (χ3v) is 6.00. The molecule has 0 spiro atoms. The largest absolute Gasteiger partial charge is 1.00 e. The predicted octanol–water partition coefficient (Wildman–Crippen LogP) is 2.06. The maximum atomic E-state index is 12.0. The average molecular weight is 428 g/mol. The van der Waals surface area contributed by atoms with E-state index in [0.29, 0.717) is 11.1 Å². The second-order valence-corrected chi connectivity index (χ2v) is 8.36. The van der Waals surface area contributed by atoms with Crippen molar-refractivity contribution in [3.63, 3.8) is 0 Å². The summed E-state index contributed by atoms with van der Waals surface area (Å²) in [7, 11) is -4.43. The molecule has 4 rings (SSSR count). The fourth-order valence-corrected chi connectivity index (χ4v) is 4.32. The third-order valence-electron chi connectivity index (χ3n) is 5.09. The van der Waals surface area contributed by atoms with E-state index in [4.69, 9.17) is 0 Å². The summed E-state index contributed by atoms with van der Waals surface area (Å²) in [6.45, 7) is 0. The molecule has 0 fully saturated rings. The van der Waals surface area contributed by atoms with Crippen molar-refractivity contribution in [2.24, 2.45) is 0 Å². The van der Waals surface area contributed by atoms with E-state index < -0.39 is 22.1 Å². The minimum atomic E-state index is -4.43. The zero-order chi connectivity index (χ0) is 20.4. The van der Waals surface area contributed by atoms with Gasteiger partial charge in [0.25, 0.3) is 10.1 Å². The Labute approximate surface area is 200 Å². The number of hydrogen-bond acceptors (Lipinski definition) is 3. The van der Waals surface area contributed by atoms with Crippen LogP contribution in [0.5, 0.6) is 0 Å². The van der Waals surface area contributed by atoms with Crippen molar-refractivity contribution in [3.05, 3.63) is 107 Å². The maximum Gasteiger partial charge on any atom is 1.00 e. The van der Waals surface area contributed by atoms with Gasteiger partial charge in [0, 0.05) is 5.92 Å². The van der Waals surface area contributed by atoms with Gasteiger partial charge in [-0.25, -0.2) is 0 Å². The van der Waals surface area contributed by atoms with Crippen LogP contribution in [0.25, 0.3) is 18.2 Å². The molecule has 0 heterocycles. The molecule has 3 aromatic carbocycles. The second-order valence-electron chi connectivity index (χ2n) is 6.98. The molecule has 2 N–H and O–H groups in total. The first-order chi connectivity index (χ1) is 13.9. The van der Waals surface area contributed by atoms with Crippen molar-refractivity contribution in [3.8, 4) is 0 Å². The molecule has 0 aliphatic heterocycles. The van der Waals surface area contributed by atoms with Crippen molar-refractivity contribution in [2.75, 3.05) is 0 Å². The fourth-order valence-electron chi connectivity index (χ4n) is 3.60. The standard InChI is InChI=1S/C24H20O4S.Na.H/c25-24-21-9-5-4-8-18(21)14-15-22(24)20-13-12-19(23(16-20)29(26,27)28)11-10-17-6-2-1-3-7-17;;/h1-16,22,24-25H,(H,26,27,28);;/q;+1;-1. The monoisotopic (exact) mass is 428 g/mol. The van der Waals surface area contributed by atoms with Gasteiger partial charge in [-0.2, -0.15) is 8.42 Å². The smallest absolute Gasteiger partial charge is 1.00 e. The normalized spacial score (nSPS) is 18.1. The number of aliphatic hydroxyl groups is 1. The molecule has 30 heavy (non-hydrogen) atoms. The molecule has 4 nitrogen and oxygen atoms in total. The molecule has 148 valence electrons. The van der Waals surface area contributed by atoms with Gasteiger partial charge in [-0.15, -0.1) is 0 Å². The van der Waals surface area contributed by atoms with Crippen LogP contribution in [0.4, 0.5) is 0 Å². The minimum absolute atomic E-state index is 0. The Morgan fingerprint density at radius 1 is 0.900 bits per heavy atom. The molecule has 0 aromatic heterocycles. The van der Waals surface area contributed by atoms with Crippen LogP contribution in [-0.4, -0.2) is 18.1 Å². The number of benzene rings is 3. The Kier molecular flexibility index (Phi) is 7.14. The Morgan fingerprint density at radius 3 is 2.33 bits per heavy atom. The van der Waals surface area contributed by atoms with E-state index in [-0.39, 0.29) is 35.9 Å². The minimum Gasteiger partial charge on any atom is -1.00 e. The van der Waals surface area contributed by atoms with Crippen LogP contribution in [0.2, 0.25) is 0 Å². The van der Waals surface area contributed by atoms with Gasteiger partial charge in [0.05, 0.1) is 6.10 Å². The van der Waals surface area contributed by atoms with Crippen LogP contribution >= 0.6 is 0 Å². The van der Waals surface area contributed by atoms with E-state index in [0.717, 1.165) is 16.7 Å². The quantitative estimate of drug-likeness (QED) is 0.379. The summed E-state index contributed by atoms with van der Waals surface area (Å²) >= 11 is 0. The molecule has 0 amide bonds. The van der Waals surface area contributed by atoms with Gasteiger partial charge >= 0.3 is 29.6 Å². The molecule has 0 saturated heterocycles. The van der Waals surface area contributed by atoms with E-state index >= 15 is 0 Å². The van der Waals surface area contributed by atoms with Crippen molar-refractivity contribution in [1.29, 1.82) is 0 Å². The molecule has 0 bridgehead atoms. The number of fused-ring (bicyclic) bond motifs is 1. The van der Waals surface area contributed by atoms with Crippen LogP contribution in [0.15, 0.2) is 83.8 Å². The first-order valence-electron chi connectivity index (χ1n) is 9.23. The number of aliphatic hydroxyl groups excluding tert-OH is 1. The molecule has 2 atom stereocenters. The van der Waals surface area contributed by atoms with Crippen molar-refractivity contribution in [2.45, 2.75) is 16.9 Å². The molecule has 3 aromatic rings. The maximum absolute atomic E-state index is 12.0. The molecular weight excluding hydrogens is 407 g/mol. The van der Waals surface area contributed by atoms with Gasteiger partial charge in [0.15, 0.2) is 0 Å². The van der Waals surface area contributed by atoms with E-state index in [1.54, 1.807) is 24.3 Å². The van der Waals surface area contributed by atoms with E-state index in [9.17, 15) is 18.1 Å². The molecule has 2 unspecified atom stereocenters. The van der Waals surface area contributed by atoms with Crippen LogP contribution in [0.1, 0.15) is 41.3 Å². The Balaban J connectivity index is 0.00000171. The van der Waals surface area contributed by atoms with Crippen molar-refractivity contribution < 1.29 is 49.1 Å². The summed E-state index contributed by atoms with van der Waals surface area (Å²) in [6.07, 6.45) is 6.43. The molecular formula is C24H21NaO4S. The third kappa shape index (κ3) is 4.83. The number of rotatable bonds is 4. The van der Waals surface area contributed by atoms with Gasteiger partial charge in [-0.05, 0) is 33.9 Å². The van der Waals surface area contributed by atoms with Crippen LogP contribution in [-0.2, 0) is 10.1 Å². The summed E-state index contributed by atoms with van der Waals surface area (Å²) in [5.41, 5.74) is 3.65. The number of hydrogen-bond donors (Lipinski definition) is 2. The van der Waals surface area contributed by atoms with Gasteiger partial charge in [0.1, 0.15) is 4.90 Å². The Hall–Kier alpha value is -1.99.